The minimum Gasteiger partial charge on any atom is -0.493 e. The van der Waals surface area contributed by atoms with Crippen molar-refractivity contribution in [1.82, 2.24) is 9.62 Å². The Bertz CT molecular complexity index is 555. The average molecular weight is 312 g/mol. The zero-order valence-corrected chi connectivity index (χ0v) is 13.7. The van der Waals surface area contributed by atoms with Gasteiger partial charge in [-0.15, -0.1) is 0 Å². The summed E-state index contributed by atoms with van der Waals surface area (Å²) in [7, 11) is -3.42. The molecule has 118 valence electrons. The molecular formula is C15H24N2O3S. The normalized spacial score (nSPS) is 20.7. The van der Waals surface area contributed by atoms with E-state index in [1.807, 2.05) is 6.92 Å². The van der Waals surface area contributed by atoms with Gasteiger partial charge in [0.1, 0.15) is 5.75 Å². The Balaban J connectivity index is 2.13. The van der Waals surface area contributed by atoms with Gasteiger partial charge >= 0.3 is 0 Å². The molecular weight excluding hydrogens is 288 g/mol. The first-order valence-corrected chi connectivity index (χ1v) is 8.80. The van der Waals surface area contributed by atoms with Gasteiger partial charge in [0, 0.05) is 25.7 Å². The number of hydrogen-bond acceptors (Lipinski definition) is 4. The van der Waals surface area contributed by atoms with Gasteiger partial charge < -0.3 is 10.1 Å². The van der Waals surface area contributed by atoms with Gasteiger partial charge in [-0.1, -0.05) is 13.8 Å². The number of rotatable bonds is 5. The van der Waals surface area contributed by atoms with Crippen LogP contribution in [0, 0.1) is 5.92 Å². The first kappa shape index (κ1) is 16.3. The summed E-state index contributed by atoms with van der Waals surface area (Å²) in [6.45, 7) is 8.59. The van der Waals surface area contributed by atoms with Crippen LogP contribution in [0.3, 0.4) is 0 Å². The van der Waals surface area contributed by atoms with E-state index in [-0.39, 0.29) is 6.04 Å². The van der Waals surface area contributed by atoms with E-state index in [1.54, 1.807) is 28.6 Å². The predicted octanol–water partition coefficient (Wildman–Crippen LogP) is 1.70. The van der Waals surface area contributed by atoms with Crippen molar-refractivity contribution in [3.05, 3.63) is 24.3 Å². The highest BCUT2D eigenvalue weighted by Crippen LogP contribution is 2.22. The predicted molar refractivity (Wildman–Crippen MR) is 83.0 cm³/mol. The van der Waals surface area contributed by atoms with Crippen molar-refractivity contribution >= 4 is 10.0 Å². The lowest BCUT2D eigenvalue weighted by atomic mass is 10.2. The Hall–Kier alpha value is -1.11. The average Bonchev–Trinajstić information content (AvgIpc) is 2.46. The second kappa shape index (κ2) is 6.77. The van der Waals surface area contributed by atoms with Gasteiger partial charge in [-0.25, -0.2) is 8.42 Å². The molecule has 1 atom stereocenters. The highest BCUT2D eigenvalue weighted by Gasteiger charge is 2.30. The zero-order chi connectivity index (χ0) is 15.5. The van der Waals surface area contributed by atoms with Crippen LogP contribution in [0.1, 0.15) is 20.8 Å². The SMILES string of the molecule is CC(C)COc1ccc(S(=O)(=O)N2CCNC[C@H]2C)cc1. The molecule has 1 aromatic rings. The minimum atomic E-state index is -3.42. The van der Waals surface area contributed by atoms with Crippen molar-refractivity contribution in [2.75, 3.05) is 26.2 Å². The number of nitrogens with zero attached hydrogens (tertiary/aromatic N) is 1. The standard InChI is InChI=1S/C15H24N2O3S/c1-12(2)11-20-14-4-6-15(7-5-14)21(18,19)17-9-8-16-10-13(17)3/h4-7,12-13,16H,8-11H2,1-3H3/t13-/m1/s1. The summed E-state index contributed by atoms with van der Waals surface area (Å²) < 4.78 is 32.4. The van der Waals surface area contributed by atoms with Crippen molar-refractivity contribution < 1.29 is 13.2 Å². The molecule has 1 saturated heterocycles. The Morgan fingerprint density at radius 3 is 2.57 bits per heavy atom. The fourth-order valence-corrected chi connectivity index (χ4v) is 3.92. The summed E-state index contributed by atoms with van der Waals surface area (Å²) in [4.78, 5) is 0.327. The molecule has 1 heterocycles. The molecule has 2 rings (SSSR count). The molecule has 0 saturated carbocycles. The van der Waals surface area contributed by atoms with Gasteiger partial charge in [-0.2, -0.15) is 4.31 Å². The van der Waals surface area contributed by atoms with Crippen LogP contribution in [0.25, 0.3) is 0 Å². The van der Waals surface area contributed by atoms with E-state index < -0.39 is 10.0 Å². The molecule has 1 fully saturated rings. The van der Waals surface area contributed by atoms with Crippen LogP contribution >= 0.6 is 0 Å². The second-order valence-corrected chi connectivity index (χ2v) is 7.74. The fraction of sp³-hybridized carbons (Fsp3) is 0.600. The Morgan fingerprint density at radius 1 is 1.33 bits per heavy atom. The van der Waals surface area contributed by atoms with Gasteiger partial charge in [0.05, 0.1) is 11.5 Å². The molecule has 0 bridgehead atoms. The second-order valence-electron chi connectivity index (χ2n) is 5.85. The van der Waals surface area contributed by atoms with Crippen LogP contribution in [0.4, 0.5) is 0 Å². The third kappa shape index (κ3) is 3.96. The van der Waals surface area contributed by atoms with Crippen LogP contribution in [0.5, 0.6) is 5.75 Å². The summed E-state index contributed by atoms with van der Waals surface area (Å²) in [5, 5.41) is 3.20. The summed E-state index contributed by atoms with van der Waals surface area (Å²) >= 11 is 0. The number of nitrogens with one attached hydrogen (secondary N) is 1. The third-order valence-electron chi connectivity index (χ3n) is 3.45. The van der Waals surface area contributed by atoms with E-state index in [4.69, 9.17) is 4.74 Å². The van der Waals surface area contributed by atoms with E-state index in [1.165, 1.54) is 0 Å². The van der Waals surface area contributed by atoms with Crippen LogP contribution in [0.15, 0.2) is 29.2 Å². The fourth-order valence-electron chi connectivity index (χ4n) is 2.29. The van der Waals surface area contributed by atoms with Gasteiger partial charge in [-0.3, -0.25) is 0 Å². The summed E-state index contributed by atoms with van der Waals surface area (Å²) in [6, 6.07) is 6.67. The molecule has 1 aliphatic rings. The highest BCUT2D eigenvalue weighted by atomic mass is 32.2. The molecule has 0 aromatic heterocycles. The Kier molecular flexibility index (Phi) is 5.24. The van der Waals surface area contributed by atoms with Gasteiger partial charge in [0.15, 0.2) is 0 Å². The third-order valence-corrected chi connectivity index (χ3v) is 5.48. The lowest BCUT2D eigenvalue weighted by Gasteiger charge is -2.32. The molecule has 0 amide bonds. The molecule has 0 spiro atoms. The first-order valence-electron chi connectivity index (χ1n) is 7.36. The number of benzene rings is 1. The van der Waals surface area contributed by atoms with Crippen LogP contribution in [0.2, 0.25) is 0 Å². The van der Waals surface area contributed by atoms with Crippen LogP contribution in [-0.4, -0.2) is 45.0 Å². The summed E-state index contributed by atoms with van der Waals surface area (Å²) in [5.74, 6) is 1.14. The summed E-state index contributed by atoms with van der Waals surface area (Å²) in [6.07, 6.45) is 0. The molecule has 21 heavy (non-hydrogen) atoms. The van der Waals surface area contributed by atoms with E-state index >= 15 is 0 Å². The minimum absolute atomic E-state index is 0.0272. The molecule has 1 N–H and O–H groups in total. The zero-order valence-electron chi connectivity index (χ0n) is 12.9. The lowest BCUT2D eigenvalue weighted by Crippen LogP contribution is -2.52. The number of sulfonamides is 1. The number of ether oxygens (including phenoxy) is 1. The number of hydrogen-bond donors (Lipinski definition) is 1. The monoisotopic (exact) mass is 312 g/mol. The number of piperazine rings is 1. The van der Waals surface area contributed by atoms with E-state index in [0.717, 1.165) is 0 Å². The quantitative estimate of drug-likeness (QED) is 0.899. The van der Waals surface area contributed by atoms with Crippen molar-refractivity contribution in [1.29, 1.82) is 0 Å². The lowest BCUT2D eigenvalue weighted by molar-refractivity contribution is 0.270. The first-order chi connectivity index (χ1) is 9.91. The van der Waals surface area contributed by atoms with Gasteiger partial charge in [0.2, 0.25) is 10.0 Å². The van der Waals surface area contributed by atoms with Crippen LogP contribution < -0.4 is 10.1 Å². The maximum Gasteiger partial charge on any atom is 0.243 e. The highest BCUT2D eigenvalue weighted by molar-refractivity contribution is 7.89. The Labute approximate surface area is 127 Å². The van der Waals surface area contributed by atoms with E-state index in [2.05, 4.69) is 19.2 Å². The summed E-state index contributed by atoms with van der Waals surface area (Å²) in [5.41, 5.74) is 0. The van der Waals surface area contributed by atoms with E-state index in [9.17, 15) is 8.42 Å². The molecule has 0 radical (unpaired) electrons. The smallest absolute Gasteiger partial charge is 0.243 e. The van der Waals surface area contributed by atoms with Crippen LogP contribution in [-0.2, 0) is 10.0 Å². The molecule has 0 aliphatic carbocycles. The van der Waals surface area contributed by atoms with Crippen molar-refractivity contribution in [2.24, 2.45) is 5.92 Å². The topological polar surface area (TPSA) is 58.6 Å². The molecule has 0 unspecified atom stereocenters. The van der Waals surface area contributed by atoms with Crippen molar-refractivity contribution in [3.8, 4) is 5.75 Å². The molecule has 5 nitrogen and oxygen atoms in total. The van der Waals surface area contributed by atoms with Gasteiger partial charge in [-0.05, 0) is 37.1 Å². The van der Waals surface area contributed by atoms with E-state index in [0.29, 0.717) is 42.8 Å². The molecule has 1 aromatic carbocycles. The maximum atomic E-state index is 12.6. The Morgan fingerprint density at radius 2 is 2.00 bits per heavy atom. The largest absolute Gasteiger partial charge is 0.493 e. The van der Waals surface area contributed by atoms with Crippen molar-refractivity contribution in [2.45, 2.75) is 31.7 Å². The molecule has 6 heteroatoms. The molecule has 1 aliphatic heterocycles. The van der Waals surface area contributed by atoms with Crippen molar-refractivity contribution in [3.63, 3.8) is 0 Å². The maximum absolute atomic E-state index is 12.6. The van der Waals surface area contributed by atoms with Gasteiger partial charge in [0.25, 0.3) is 0 Å².